The van der Waals surface area contributed by atoms with Gasteiger partial charge in [-0.05, 0) is 12.8 Å². The Balaban J connectivity index is 3.22. The molecule has 64 valence electrons. The lowest BCUT2D eigenvalue weighted by molar-refractivity contribution is -0.115. The average Bonchev–Trinajstić information content (AvgIpc) is 2.04. The van der Waals surface area contributed by atoms with Gasteiger partial charge in [0.1, 0.15) is 0 Å². The molecule has 0 aliphatic heterocycles. The molecule has 0 saturated carbocycles. The fourth-order valence-corrected chi connectivity index (χ4v) is 0.788. The number of nitrogens with zero attached hydrogens (tertiary/aromatic N) is 1. The predicted octanol–water partition coefficient (Wildman–Crippen LogP) is 2.17. The zero-order valence-electron chi connectivity index (χ0n) is 7.42. The van der Waals surface area contributed by atoms with Gasteiger partial charge in [-0.15, -0.1) is 0 Å². The Bertz CT molecular complexity index is 121. The van der Waals surface area contributed by atoms with E-state index in [9.17, 15) is 4.79 Å². The van der Waals surface area contributed by atoms with E-state index in [4.69, 9.17) is 0 Å². The molecule has 1 amide bonds. The maximum Gasteiger partial charge on any atom is 0.213 e. The van der Waals surface area contributed by atoms with Crippen molar-refractivity contribution in [1.82, 2.24) is 4.90 Å². The highest BCUT2D eigenvalue weighted by Gasteiger charge is 1.83. The molecule has 0 aromatic carbocycles. The minimum atomic E-state index is 0.802. The van der Waals surface area contributed by atoms with Crippen LogP contribution in [-0.2, 0) is 4.79 Å². The average molecular weight is 155 g/mol. The fourth-order valence-electron chi connectivity index (χ4n) is 0.788. The van der Waals surface area contributed by atoms with Crippen molar-refractivity contribution in [3.8, 4) is 0 Å². The quantitative estimate of drug-likeness (QED) is 0.425. The number of hydrogen-bond donors (Lipinski definition) is 0. The Morgan fingerprint density at radius 2 is 2.09 bits per heavy atom. The lowest BCUT2D eigenvalue weighted by atomic mass is 10.2. The first-order chi connectivity index (χ1) is 5.31. The molecule has 0 spiro atoms. The number of allylic oxidation sites excluding steroid dienone is 1. The normalized spacial score (nSPS) is 10.4. The van der Waals surface area contributed by atoms with Crippen molar-refractivity contribution in [3.05, 3.63) is 12.3 Å². The number of carbonyl (C=O) groups is 1. The Kier molecular flexibility index (Phi) is 6.79. The molecule has 11 heavy (non-hydrogen) atoms. The van der Waals surface area contributed by atoms with Crippen LogP contribution in [0.2, 0.25) is 0 Å². The van der Waals surface area contributed by atoms with E-state index in [0.29, 0.717) is 0 Å². The summed E-state index contributed by atoms with van der Waals surface area (Å²) in [5.74, 6) is 0. The fraction of sp³-hybridized carbons (Fsp3) is 0.667. The van der Waals surface area contributed by atoms with E-state index in [1.165, 1.54) is 24.2 Å². The summed E-state index contributed by atoms with van der Waals surface area (Å²) in [6, 6.07) is 0. The molecule has 0 radical (unpaired) electrons. The zero-order chi connectivity index (χ0) is 8.53. The summed E-state index contributed by atoms with van der Waals surface area (Å²) in [5.41, 5.74) is 0. The number of rotatable bonds is 6. The van der Waals surface area contributed by atoms with Gasteiger partial charge in [-0.25, -0.2) is 0 Å². The summed E-state index contributed by atoms with van der Waals surface area (Å²) >= 11 is 0. The van der Waals surface area contributed by atoms with Gasteiger partial charge >= 0.3 is 0 Å². The number of unbranched alkanes of at least 4 members (excludes halogenated alkanes) is 3. The minimum absolute atomic E-state index is 0.802. The molecule has 0 aliphatic rings. The molecule has 0 saturated heterocycles. The maximum absolute atomic E-state index is 10.1. The van der Waals surface area contributed by atoms with Crippen LogP contribution in [0.4, 0.5) is 0 Å². The standard InChI is InChI=1S/C9H17NO/c1-3-4-5-6-7-8-10(2)9-11/h7-9H,3-6H2,1-2H3/b8-7+. The Morgan fingerprint density at radius 3 is 2.64 bits per heavy atom. The lowest BCUT2D eigenvalue weighted by Gasteiger charge is -2.00. The van der Waals surface area contributed by atoms with E-state index >= 15 is 0 Å². The number of amides is 1. The second-order valence-corrected chi connectivity index (χ2v) is 2.65. The van der Waals surface area contributed by atoms with Gasteiger partial charge in [0.2, 0.25) is 6.41 Å². The molecule has 0 bridgehead atoms. The molecule has 0 aliphatic carbocycles. The molecule has 0 N–H and O–H groups in total. The summed E-state index contributed by atoms with van der Waals surface area (Å²) in [6.07, 6.45) is 9.46. The van der Waals surface area contributed by atoms with Gasteiger partial charge in [0.25, 0.3) is 0 Å². The largest absolute Gasteiger partial charge is 0.325 e. The van der Waals surface area contributed by atoms with Crippen molar-refractivity contribution in [3.63, 3.8) is 0 Å². The van der Waals surface area contributed by atoms with Crippen LogP contribution in [0.25, 0.3) is 0 Å². The van der Waals surface area contributed by atoms with Crippen molar-refractivity contribution >= 4 is 6.41 Å². The first-order valence-electron chi connectivity index (χ1n) is 4.15. The zero-order valence-corrected chi connectivity index (χ0v) is 7.42. The van der Waals surface area contributed by atoms with Gasteiger partial charge in [0.05, 0.1) is 0 Å². The van der Waals surface area contributed by atoms with Gasteiger partial charge in [-0.3, -0.25) is 4.79 Å². The highest BCUT2D eigenvalue weighted by molar-refractivity contribution is 5.48. The van der Waals surface area contributed by atoms with E-state index in [2.05, 4.69) is 6.92 Å². The molecular formula is C9H17NO. The Hall–Kier alpha value is -0.790. The Labute approximate surface area is 68.9 Å². The second-order valence-electron chi connectivity index (χ2n) is 2.65. The first kappa shape index (κ1) is 10.2. The predicted molar refractivity (Wildman–Crippen MR) is 47.1 cm³/mol. The highest BCUT2D eigenvalue weighted by Crippen LogP contribution is 1.99. The van der Waals surface area contributed by atoms with E-state index in [-0.39, 0.29) is 0 Å². The molecule has 2 heteroatoms. The van der Waals surface area contributed by atoms with Crippen LogP contribution < -0.4 is 0 Å². The van der Waals surface area contributed by atoms with Crippen molar-refractivity contribution in [2.45, 2.75) is 32.6 Å². The molecule has 0 aromatic rings. The van der Waals surface area contributed by atoms with Gasteiger partial charge < -0.3 is 4.90 Å². The molecule has 0 atom stereocenters. The van der Waals surface area contributed by atoms with Gasteiger partial charge in [-0.2, -0.15) is 0 Å². The number of carbonyl (C=O) groups excluding carboxylic acids is 1. The smallest absolute Gasteiger partial charge is 0.213 e. The molecule has 0 unspecified atom stereocenters. The Morgan fingerprint density at radius 1 is 1.36 bits per heavy atom. The van der Waals surface area contributed by atoms with Crippen LogP contribution in [0.3, 0.4) is 0 Å². The third-order valence-electron chi connectivity index (χ3n) is 1.48. The molecular weight excluding hydrogens is 138 g/mol. The summed E-state index contributed by atoms with van der Waals surface area (Å²) in [5, 5.41) is 0. The van der Waals surface area contributed by atoms with Crippen LogP contribution in [0, 0.1) is 0 Å². The molecule has 2 nitrogen and oxygen atoms in total. The van der Waals surface area contributed by atoms with Crippen LogP contribution in [0.5, 0.6) is 0 Å². The van der Waals surface area contributed by atoms with Crippen LogP contribution in [0.15, 0.2) is 12.3 Å². The van der Waals surface area contributed by atoms with Crippen molar-refractivity contribution in [2.24, 2.45) is 0 Å². The van der Waals surface area contributed by atoms with Crippen molar-refractivity contribution in [1.29, 1.82) is 0 Å². The SMILES string of the molecule is CCCCC/C=C/N(C)C=O. The van der Waals surface area contributed by atoms with E-state index in [1.807, 2.05) is 12.3 Å². The topological polar surface area (TPSA) is 20.3 Å². The molecule has 0 heterocycles. The van der Waals surface area contributed by atoms with Crippen LogP contribution >= 0.6 is 0 Å². The third-order valence-corrected chi connectivity index (χ3v) is 1.48. The lowest BCUT2D eigenvalue weighted by Crippen LogP contribution is -2.05. The van der Waals surface area contributed by atoms with E-state index < -0.39 is 0 Å². The van der Waals surface area contributed by atoms with Gasteiger partial charge in [0.15, 0.2) is 0 Å². The van der Waals surface area contributed by atoms with Crippen molar-refractivity contribution < 1.29 is 4.79 Å². The summed E-state index contributed by atoms with van der Waals surface area (Å²) < 4.78 is 0. The highest BCUT2D eigenvalue weighted by atomic mass is 16.1. The monoisotopic (exact) mass is 155 g/mol. The first-order valence-corrected chi connectivity index (χ1v) is 4.15. The van der Waals surface area contributed by atoms with E-state index in [1.54, 1.807) is 7.05 Å². The number of hydrogen-bond acceptors (Lipinski definition) is 1. The van der Waals surface area contributed by atoms with E-state index in [0.717, 1.165) is 12.8 Å². The second kappa shape index (κ2) is 7.32. The van der Waals surface area contributed by atoms with Crippen LogP contribution in [0.1, 0.15) is 32.6 Å². The summed E-state index contributed by atoms with van der Waals surface area (Å²) in [7, 11) is 1.74. The van der Waals surface area contributed by atoms with Crippen molar-refractivity contribution in [2.75, 3.05) is 7.05 Å². The maximum atomic E-state index is 10.1. The van der Waals surface area contributed by atoms with Crippen LogP contribution in [-0.4, -0.2) is 18.4 Å². The molecule has 0 aromatic heterocycles. The van der Waals surface area contributed by atoms with Gasteiger partial charge in [-0.1, -0.05) is 25.8 Å². The summed E-state index contributed by atoms with van der Waals surface area (Å²) in [4.78, 5) is 11.6. The third kappa shape index (κ3) is 7.10. The summed E-state index contributed by atoms with van der Waals surface area (Å²) in [6.45, 7) is 2.18. The minimum Gasteiger partial charge on any atom is -0.325 e. The van der Waals surface area contributed by atoms with Gasteiger partial charge in [0, 0.05) is 13.2 Å². The molecule has 0 fully saturated rings. The molecule has 0 rings (SSSR count).